The zero-order chi connectivity index (χ0) is 36.7. The summed E-state index contributed by atoms with van der Waals surface area (Å²) in [6.07, 6.45) is -2.24. The molecule has 266 valence electrons. The Morgan fingerprint density at radius 1 is 0.792 bits per heavy atom. The van der Waals surface area contributed by atoms with Crippen molar-refractivity contribution in [3.05, 3.63) is 60.2 Å². The Labute approximate surface area is 284 Å². The van der Waals surface area contributed by atoms with Gasteiger partial charge in [0.25, 0.3) is 10.1 Å². The molecule has 0 saturated heterocycles. The zero-order valence-corrected chi connectivity index (χ0v) is 30.5. The highest BCUT2D eigenvalue weighted by molar-refractivity contribution is 7.86. The quantitative estimate of drug-likeness (QED) is 0.158. The summed E-state index contributed by atoms with van der Waals surface area (Å²) in [6, 6.07) is 14.8. The van der Waals surface area contributed by atoms with E-state index in [4.69, 9.17) is 14.2 Å². The Morgan fingerprint density at radius 2 is 1.35 bits per heavy atom. The van der Waals surface area contributed by atoms with E-state index in [1.807, 2.05) is 51.1 Å². The summed E-state index contributed by atoms with van der Waals surface area (Å²) in [6.45, 7) is 16.9. The second-order valence-corrected chi connectivity index (χ2v) is 16.2. The van der Waals surface area contributed by atoms with Crippen LogP contribution in [0.5, 0.6) is 0 Å². The number of esters is 1. The van der Waals surface area contributed by atoms with Gasteiger partial charge in [0.05, 0.1) is 22.3 Å². The number of carbonyl (C=O) groups excluding carboxylic acids is 4. The predicted octanol–water partition coefficient (Wildman–Crippen LogP) is 6.00. The summed E-state index contributed by atoms with van der Waals surface area (Å²) in [4.78, 5) is 52.6. The molecular weight excluding hydrogens is 638 g/mol. The average Bonchev–Trinajstić information content (AvgIpc) is 2.96. The summed E-state index contributed by atoms with van der Waals surface area (Å²) in [7, 11) is -4.60. The monoisotopic (exact) mass is 689 g/mol. The molecule has 0 radical (unpaired) electrons. The highest BCUT2D eigenvalue weighted by Gasteiger charge is 2.48. The molecule has 0 aliphatic rings. The van der Waals surface area contributed by atoms with Crippen LogP contribution in [-0.2, 0) is 49.9 Å². The van der Waals surface area contributed by atoms with Gasteiger partial charge < -0.3 is 19.5 Å². The van der Waals surface area contributed by atoms with E-state index in [0.717, 1.165) is 11.6 Å². The third-order valence-electron chi connectivity index (χ3n) is 8.10. The summed E-state index contributed by atoms with van der Waals surface area (Å²) in [5.74, 6) is -2.16. The molecule has 0 heterocycles. The van der Waals surface area contributed by atoms with Crippen molar-refractivity contribution in [2.45, 2.75) is 117 Å². The molecule has 48 heavy (non-hydrogen) atoms. The number of nitrogens with one attached hydrogen (secondary N) is 1. The normalized spacial score (nSPS) is 14.1. The van der Waals surface area contributed by atoms with Gasteiger partial charge in [0.1, 0.15) is 17.6 Å². The molecule has 0 aliphatic heterocycles. The van der Waals surface area contributed by atoms with E-state index in [1.54, 1.807) is 48.5 Å². The van der Waals surface area contributed by atoms with E-state index in [-0.39, 0.29) is 24.3 Å². The van der Waals surface area contributed by atoms with E-state index in [1.165, 1.54) is 18.2 Å². The lowest BCUT2D eigenvalue weighted by molar-refractivity contribution is -0.179. The van der Waals surface area contributed by atoms with Crippen molar-refractivity contribution in [2.75, 3.05) is 11.9 Å². The van der Waals surface area contributed by atoms with Crippen LogP contribution in [0.4, 0.5) is 5.69 Å². The van der Waals surface area contributed by atoms with E-state index in [2.05, 4.69) is 5.32 Å². The van der Waals surface area contributed by atoms with Gasteiger partial charge in [-0.3, -0.25) is 18.9 Å². The Hall–Kier alpha value is -3.45. The molecular formula is C36H51NO10S. The average molecular weight is 690 g/mol. The minimum Gasteiger partial charge on any atom is -0.453 e. The predicted molar refractivity (Wildman–Crippen MR) is 182 cm³/mol. The number of benzene rings is 2. The first kappa shape index (κ1) is 40.7. The highest BCUT2D eigenvalue weighted by atomic mass is 32.2. The number of para-hydroxylation sites is 1. The molecule has 11 nitrogen and oxygen atoms in total. The van der Waals surface area contributed by atoms with Crippen LogP contribution >= 0.6 is 0 Å². The van der Waals surface area contributed by atoms with Gasteiger partial charge in [0, 0.05) is 24.7 Å². The first-order chi connectivity index (χ1) is 21.8. The molecule has 0 fully saturated rings. The second kappa shape index (κ2) is 15.8. The maximum absolute atomic E-state index is 14.0. The molecule has 2 unspecified atom stereocenters. The smallest absolute Gasteiger partial charge is 0.332 e. The van der Waals surface area contributed by atoms with Gasteiger partial charge in [-0.1, -0.05) is 77.1 Å². The van der Waals surface area contributed by atoms with Crippen molar-refractivity contribution in [3.63, 3.8) is 0 Å². The van der Waals surface area contributed by atoms with Crippen molar-refractivity contribution < 1.29 is 46.4 Å². The zero-order valence-electron chi connectivity index (χ0n) is 29.7. The number of amides is 1. The molecule has 12 heteroatoms. The van der Waals surface area contributed by atoms with Gasteiger partial charge in [0.15, 0.2) is 17.7 Å². The van der Waals surface area contributed by atoms with Crippen molar-refractivity contribution >= 4 is 39.2 Å². The largest absolute Gasteiger partial charge is 0.453 e. The number of ketones is 2. The van der Waals surface area contributed by atoms with Crippen LogP contribution in [0.15, 0.2) is 59.5 Å². The fraction of sp³-hybridized carbons (Fsp3) is 0.556. The molecule has 0 bridgehead atoms. The number of rotatable bonds is 16. The van der Waals surface area contributed by atoms with Crippen LogP contribution in [0.2, 0.25) is 0 Å². The first-order valence-electron chi connectivity index (χ1n) is 15.9. The first-order valence-corrected chi connectivity index (χ1v) is 17.3. The van der Waals surface area contributed by atoms with Crippen molar-refractivity contribution in [1.29, 1.82) is 0 Å². The Bertz CT molecular complexity index is 1550. The van der Waals surface area contributed by atoms with E-state index in [9.17, 15) is 32.1 Å². The molecule has 0 aliphatic carbocycles. The fourth-order valence-corrected chi connectivity index (χ4v) is 5.40. The van der Waals surface area contributed by atoms with Gasteiger partial charge in [-0.25, -0.2) is 4.79 Å². The fourth-order valence-electron chi connectivity index (χ4n) is 4.75. The molecule has 2 aromatic rings. The van der Waals surface area contributed by atoms with E-state index < -0.39 is 73.5 Å². The van der Waals surface area contributed by atoms with Crippen LogP contribution < -0.4 is 5.32 Å². The van der Waals surface area contributed by atoms with Gasteiger partial charge in [-0.15, -0.1) is 0 Å². The summed E-state index contributed by atoms with van der Waals surface area (Å²) < 4.78 is 50.6. The van der Waals surface area contributed by atoms with Crippen LogP contribution in [-0.4, -0.2) is 66.4 Å². The Balaban J connectivity index is 2.15. The number of hydrogen-bond acceptors (Lipinski definition) is 9. The maximum atomic E-state index is 14.0. The number of hydrogen-bond donors (Lipinski definition) is 2. The molecule has 2 aromatic carbocycles. The SMILES string of the molecule is CC(C)(C)OC(Cc1ccccc1)C(=O)C(C)(C)C(C)(C)OCC(=O)OC(CCC(=O)Nc1ccccc1S(=O)(=O)O)C(=O)C(C)(C)C. The van der Waals surface area contributed by atoms with Crippen LogP contribution in [0.3, 0.4) is 0 Å². The lowest BCUT2D eigenvalue weighted by Crippen LogP contribution is -2.53. The number of ether oxygens (including phenoxy) is 3. The van der Waals surface area contributed by atoms with Crippen LogP contribution in [0.25, 0.3) is 0 Å². The topological polar surface area (TPSA) is 162 Å². The van der Waals surface area contributed by atoms with Gasteiger partial charge >= 0.3 is 5.97 Å². The third-order valence-corrected chi connectivity index (χ3v) is 9.01. The van der Waals surface area contributed by atoms with E-state index >= 15 is 0 Å². The Morgan fingerprint density at radius 3 is 1.90 bits per heavy atom. The summed E-state index contributed by atoms with van der Waals surface area (Å²) >= 11 is 0. The standard InChI is InChI=1S/C36H51NO10S/c1-33(2,3)31(40)26(20-21-29(38)37-25-18-14-15-19-28(25)48(42,43)44)46-30(39)23-45-36(9,10)35(7,8)32(41)27(47-34(4,5)6)22-24-16-12-11-13-17-24/h11-19,26-27H,20-23H2,1-10H3,(H,37,38)(H,42,43,44). The lowest BCUT2D eigenvalue weighted by atomic mass is 9.71. The summed E-state index contributed by atoms with van der Waals surface area (Å²) in [5.41, 5.74) is -3.03. The second-order valence-electron chi connectivity index (χ2n) is 14.8. The molecule has 1 amide bonds. The highest BCUT2D eigenvalue weighted by Crippen LogP contribution is 2.37. The molecule has 2 rings (SSSR count). The van der Waals surface area contributed by atoms with Gasteiger partial charge in [0.2, 0.25) is 5.91 Å². The molecule has 2 atom stereocenters. The van der Waals surface area contributed by atoms with Gasteiger partial charge in [-0.05, 0) is 52.3 Å². The molecule has 2 N–H and O–H groups in total. The lowest BCUT2D eigenvalue weighted by Gasteiger charge is -2.42. The number of Topliss-reactive ketones (excluding diaryl/α,β-unsaturated/α-hetero) is 2. The summed E-state index contributed by atoms with van der Waals surface area (Å²) in [5, 5.41) is 2.42. The van der Waals surface area contributed by atoms with E-state index in [0.29, 0.717) is 6.42 Å². The third kappa shape index (κ3) is 11.9. The number of anilines is 1. The van der Waals surface area contributed by atoms with Crippen LogP contribution in [0, 0.1) is 10.8 Å². The Kier molecular flexibility index (Phi) is 13.4. The van der Waals surface area contributed by atoms with Gasteiger partial charge in [-0.2, -0.15) is 8.42 Å². The number of carbonyl (C=O) groups is 4. The minimum atomic E-state index is -4.60. The molecule has 0 spiro atoms. The maximum Gasteiger partial charge on any atom is 0.332 e. The van der Waals surface area contributed by atoms with Crippen LogP contribution in [0.1, 0.15) is 87.6 Å². The minimum absolute atomic E-state index is 0.132. The molecule has 0 saturated carbocycles. The van der Waals surface area contributed by atoms with Crippen molar-refractivity contribution in [2.24, 2.45) is 10.8 Å². The van der Waals surface area contributed by atoms with Crippen molar-refractivity contribution in [1.82, 2.24) is 0 Å². The van der Waals surface area contributed by atoms with Crippen molar-refractivity contribution in [3.8, 4) is 0 Å². The molecule has 0 aromatic heterocycles.